The Morgan fingerprint density at radius 1 is 1.37 bits per heavy atom. The van der Waals surface area contributed by atoms with Crippen molar-refractivity contribution >= 4 is 22.2 Å². The number of rotatable bonds is 4. The quantitative estimate of drug-likeness (QED) is 0.765. The van der Waals surface area contributed by atoms with Gasteiger partial charge in [0.25, 0.3) is 0 Å². The first-order chi connectivity index (χ1) is 9.28. The van der Waals surface area contributed by atoms with E-state index in [0.29, 0.717) is 12.5 Å². The number of aryl methyl sites for hydroxylation is 1. The van der Waals surface area contributed by atoms with E-state index in [1.165, 1.54) is 16.5 Å². The summed E-state index contributed by atoms with van der Waals surface area (Å²) in [5.74, 6) is 0.304. The zero-order valence-corrected chi connectivity index (χ0v) is 11.7. The molecule has 98 valence electrons. The maximum Gasteiger partial charge on any atom is 0.0975 e. The molecule has 0 fully saturated rings. The van der Waals surface area contributed by atoms with Crippen LogP contribution in [0.3, 0.4) is 0 Å². The van der Waals surface area contributed by atoms with Crippen LogP contribution in [0.2, 0.25) is 0 Å². The summed E-state index contributed by atoms with van der Waals surface area (Å²) in [7, 11) is 0. The molecular formula is C15H17N3S. The van der Waals surface area contributed by atoms with E-state index >= 15 is 0 Å². The summed E-state index contributed by atoms with van der Waals surface area (Å²) in [6.07, 6.45) is 3.03. The van der Waals surface area contributed by atoms with Gasteiger partial charge in [0, 0.05) is 40.6 Å². The average molecular weight is 271 g/mol. The lowest BCUT2D eigenvalue weighted by molar-refractivity contribution is 0.690. The third-order valence-corrected chi connectivity index (χ3v) is 4.54. The van der Waals surface area contributed by atoms with Crippen LogP contribution in [0.25, 0.3) is 10.9 Å². The molecule has 0 aliphatic rings. The Morgan fingerprint density at radius 2 is 2.21 bits per heavy atom. The number of thiazole rings is 1. The largest absolute Gasteiger partial charge is 0.361 e. The molecule has 2 heterocycles. The van der Waals surface area contributed by atoms with Crippen molar-refractivity contribution in [3.8, 4) is 0 Å². The highest BCUT2D eigenvalue weighted by atomic mass is 32.1. The van der Waals surface area contributed by atoms with Gasteiger partial charge < -0.3 is 10.7 Å². The zero-order valence-electron chi connectivity index (χ0n) is 10.9. The molecule has 0 bridgehead atoms. The summed E-state index contributed by atoms with van der Waals surface area (Å²) in [6.45, 7) is 2.66. The second-order valence-electron chi connectivity index (χ2n) is 4.82. The summed E-state index contributed by atoms with van der Waals surface area (Å²) in [6, 6.07) is 8.38. The van der Waals surface area contributed by atoms with Gasteiger partial charge >= 0.3 is 0 Å². The number of nitrogens with zero attached hydrogens (tertiary/aromatic N) is 1. The van der Waals surface area contributed by atoms with E-state index < -0.39 is 0 Å². The Bertz CT molecular complexity index is 683. The molecule has 0 saturated heterocycles. The molecule has 0 radical (unpaired) electrons. The lowest BCUT2D eigenvalue weighted by atomic mass is 9.99. The van der Waals surface area contributed by atoms with Crippen LogP contribution in [0.5, 0.6) is 0 Å². The second-order valence-corrected chi connectivity index (χ2v) is 5.71. The molecule has 0 saturated carbocycles. The Balaban J connectivity index is 1.90. The number of hydrogen-bond donors (Lipinski definition) is 2. The molecule has 0 spiro atoms. The number of nitrogens with two attached hydrogens (primary N) is 1. The summed E-state index contributed by atoms with van der Waals surface area (Å²) in [4.78, 5) is 7.89. The SMILES string of the molecule is Cc1csc(C(CN)Cc2c[nH]c3ccccc23)n1. The van der Waals surface area contributed by atoms with Gasteiger partial charge in [-0.05, 0) is 25.0 Å². The number of nitrogens with one attached hydrogen (secondary N) is 1. The average Bonchev–Trinajstić information content (AvgIpc) is 3.03. The molecule has 0 aliphatic carbocycles. The van der Waals surface area contributed by atoms with Gasteiger partial charge in [0.2, 0.25) is 0 Å². The van der Waals surface area contributed by atoms with Gasteiger partial charge in [-0.2, -0.15) is 0 Å². The first kappa shape index (κ1) is 12.4. The number of H-pyrrole nitrogens is 1. The second kappa shape index (κ2) is 5.15. The van der Waals surface area contributed by atoms with Crippen molar-refractivity contribution in [2.45, 2.75) is 19.3 Å². The van der Waals surface area contributed by atoms with E-state index in [-0.39, 0.29) is 0 Å². The summed E-state index contributed by atoms with van der Waals surface area (Å²) in [5, 5.41) is 4.52. The first-order valence-electron chi connectivity index (χ1n) is 6.45. The molecule has 4 heteroatoms. The lowest BCUT2D eigenvalue weighted by Crippen LogP contribution is -2.14. The number of fused-ring (bicyclic) bond motifs is 1. The van der Waals surface area contributed by atoms with Crippen molar-refractivity contribution in [1.82, 2.24) is 9.97 Å². The molecule has 3 N–H and O–H groups in total. The van der Waals surface area contributed by atoms with Crippen LogP contribution >= 0.6 is 11.3 Å². The van der Waals surface area contributed by atoms with Crippen molar-refractivity contribution in [2.75, 3.05) is 6.54 Å². The van der Waals surface area contributed by atoms with Gasteiger partial charge in [0.1, 0.15) is 0 Å². The van der Waals surface area contributed by atoms with Crippen LogP contribution in [-0.2, 0) is 6.42 Å². The molecular weight excluding hydrogens is 254 g/mol. The van der Waals surface area contributed by atoms with Gasteiger partial charge in [0.05, 0.1) is 5.01 Å². The molecule has 3 rings (SSSR count). The van der Waals surface area contributed by atoms with Crippen molar-refractivity contribution < 1.29 is 0 Å². The number of aromatic amines is 1. The monoisotopic (exact) mass is 271 g/mol. The van der Waals surface area contributed by atoms with Gasteiger partial charge in [-0.3, -0.25) is 0 Å². The molecule has 2 aromatic heterocycles. The van der Waals surface area contributed by atoms with Crippen molar-refractivity contribution in [2.24, 2.45) is 5.73 Å². The predicted molar refractivity (Wildman–Crippen MR) is 80.6 cm³/mol. The van der Waals surface area contributed by atoms with E-state index in [2.05, 4.69) is 39.7 Å². The third kappa shape index (κ3) is 2.41. The molecule has 1 atom stereocenters. The van der Waals surface area contributed by atoms with Crippen molar-refractivity contribution in [1.29, 1.82) is 0 Å². The zero-order chi connectivity index (χ0) is 13.2. The van der Waals surface area contributed by atoms with Crippen LogP contribution in [-0.4, -0.2) is 16.5 Å². The van der Waals surface area contributed by atoms with Gasteiger partial charge in [-0.25, -0.2) is 4.98 Å². The highest BCUT2D eigenvalue weighted by Gasteiger charge is 2.16. The van der Waals surface area contributed by atoms with Crippen LogP contribution in [0.15, 0.2) is 35.8 Å². The Morgan fingerprint density at radius 3 is 2.95 bits per heavy atom. The molecule has 19 heavy (non-hydrogen) atoms. The Labute approximate surface area is 116 Å². The summed E-state index contributed by atoms with van der Waals surface area (Å²) in [5.41, 5.74) is 9.51. The van der Waals surface area contributed by atoms with E-state index in [9.17, 15) is 0 Å². The van der Waals surface area contributed by atoms with Crippen LogP contribution in [0.1, 0.15) is 22.2 Å². The smallest absolute Gasteiger partial charge is 0.0975 e. The third-order valence-electron chi connectivity index (χ3n) is 3.41. The van der Waals surface area contributed by atoms with Crippen LogP contribution in [0.4, 0.5) is 0 Å². The van der Waals surface area contributed by atoms with E-state index in [4.69, 9.17) is 5.73 Å². The maximum atomic E-state index is 5.93. The van der Waals surface area contributed by atoms with E-state index in [1.54, 1.807) is 11.3 Å². The standard InChI is InChI=1S/C15H17N3S/c1-10-9-19-15(18-10)11(7-16)6-12-8-17-14-5-3-2-4-13(12)14/h2-5,8-9,11,17H,6-7,16H2,1H3. The summed E-state index contributed by atoms with van der Waals surface area (Å²) < 4.78 is 0. The predicted octanol–water partition coefficient (Wildman–Crippen LogP) is 3.22. The Kier molecular flexibility index (Phi) is 3.36. The minimum atomic E-state index is 0.304. The van der Waals surface area contributed by atoms with E-state index in [1.807, 2.05) is 13.0 Å². The van der Waals surface area contributed by atoms with Gasteiger partial charge in [-0.1, -0.05) is 18.2 Å². The van der Waals surface area contributed by atoms with Crippen molar-refractivity contribution in [3.63, 3.8) is 0 Å². The minimum Gasteiger partial charge on any atom is -0.361 e. The molecule has 1 aromatic carbocycles. The fraction of sp³-hybridized carbons (Fsp3) is 0.267. The minimum absolute atomic E-state index is 0.304. The molecule has 0 amide bonds. The normalized spacial score (nSPS) is 12.9. The van der Waals surface area contributed by atoms with Crippen LogP contribution in [0, 0.1) is 6.92 Å². The molecule has 3 aromatic rings. The number of hydrogen-bond acceptors (Lipinski definition) is 3. The molecule has 1 unspecified atom stereocenters. The number of para-hydroxylation sites is 1. The highest BCUT2D eigenvalue weighted by molar-refractivity contribution is 7.09. The molecule has 3 nitrogen and oxygen atoms in total. The summed E-state index contributed by atoms with van der Waals surface area (Å²) >= 11 is 1.71. The lowest BCUT2D eigenvalue weighted by Gasteiger charge is -2.11. The van der Waals surface area contributed by atoms with Crippen LogP contribution < -0.4 is 5.73 Å². The number of benzene rings is 1. The number of aromatic nitrogens is 2. The highest BCUT2D eigenvalue weighted by Crippen LogP contribution is 2.27. The van der Waals surface area contributed by atoms with Gasteiger partial charge in [0.15, 0.2) is 0 Å². The fourth-order valence-corrected chi connectivity index (χ4v) is 3.31. The van der Waals surface area contributed by atoms with Gasteiger partial charge in [-0.15, -0.1) is 11.3 Å². The topological polar surface area (TPSA) is 54.7 Å². The van der Waals surface area contributed by atoms with E-state index in [0.717, 1.165) is 17.1 Å². The first-order valence-corrected chi connectivity index (χ1v) is 7.33. The fourth-order valence-electron chi connectivity index (χ4n) is 2.40. The maximum absolute atomic E-state index is 5.93. The Hall–Kier alpha value is -1.65. The van der Waals surface area contributed by atoms with Crippen molar-refractivity contribution in [3.05, 3.63) is 52.1 Å². The molecule has 0 aliphatic heterocycles.